The summed E-state index contributed by atoms with van der Waals surface area (Å²) in [6, 6.07) is 6.79. The highest BCUT2D eigenvalue weighted by Gasteiger charge is 2.26. The Bertz CT molecular complexity index is 994. The van der Waals surface area contributed by atoms with Gasteiger partial charge in [0.2, 0.25) is 0 Å². The Morgan fingerprint density at radius 2 is 1.85 bits per heavy atom. The highest BCUT2D eigenvalue weighted by molar-refractivity contribution is 7.90. The fourth-order valence-corrected chi connectivity index (χ4v) is 4.73. The molecule has 0 unspecified atom stereocenters. The van der Waals surface area contributed by atoms with Gasteiger partial charge >= 0.3 is 0 Å². The van der Waals surface area contributed by atoms with Gasteiger partial charge < -0.3 is 5.11 Å². The Balaban J connectivity index is 0.000000613. The minimum Gasteiger partial charge on any atom is -0.483 e. The lowest BCUT2D eigenvalue weighted by Gasteiger charge is -2.07. The van der Waals surface area contributed by atoms with Gasteiger partial charge in [0.1, 0.15) is 4.90 Å². The van der Waals surface area contributed by atoms with E-state index in [9.17, 15) is 8.42 Å². The molecule has 26 heavy (non-hydrogen) atoms. The molecule has 8 heteroatoms. The van der Waals surface area contributed by atoms with Crippen molar-refractivity contribution in [2.45, 2.75) is 36.5 Å². The van der Waals surface area contributed by atoms with E-state index in [4.69, 9.17) is 9.90 Å². The van der Waals surface area contributed by atoms with Crippen molar-refractivity contribution in [3.63, 3.8) is 0 Å². The van der Waals surface area contributed by atoms with Gasteiger partial charge in [-0.1, -0.05) is 12.8 Å². The second-order valence-corrected chi connectivity index (χ2v) is 7.85. The van der Waals surface area contributed by atoms with Crippen molar-refractivity contribution >= 4 is 27.5 Å². The first-order chi connectivity index (χ1) is 12.6. The molecule has 0 bridgehead atoms. The Morgan fingerprint density at radius 1 is 1.15 bits per heavy atom. The number of hydrogen-bond donors (Lipinski definition) is 1. The van der Waals surface area contributed by atoms with Crippen molar-refractivity contribution in [3.05, 3.63) is 54.6 Å². The van der Waals surface area contributed by atoms with Crippen LogP contribution >= 0.6 is 0 Å². The number of hydrogen-bond acceptors (Lipinski definition) is 5. The summed E-state index contributed by atoms with van der Waals surface area (Å²) in [6.07, 6.45) is 11.0. The lowest BCUT2D eigenvalue weighted by atomic mass is 10.00. The van der Waals surface area contributed by atoms with E-state index in [-0.39, 0.29) is 11.4 Å². The SMILES string of the molecule is O=CO.O=S(=O)(c1cccnc1)n1cc(C2CCCC2)c2ncccc21. The second kappa shape index (κ2) is 7.65. The van der Waals surface area contributed by atoms with E-state index >= 15 is 0 Å². The van der Waals surface area contributed by atoms with E-state index in [1.807, 2.05) is 6.07 Å². The number of rotatable bonds is 3. The molecule has 0 spiro atoms. The summed E-state index contributed by atoms with van der Waals surface area (Å²) in [7, 11) is -3.66. The summed E-state index contributed by atoms with van der Waals surface area (Å²) in [5.74, 6) is 0.401. The molecule has 1 aliphatic rings. The first-order valence-electron chi connectivity index (χ1n) is 8.29. The molecule has 0 aliphatic heterocycles. The van der Waals surface area contributed by atoms with Gasteiger partial charge in [0, 0.05) is 30.4 Å². The van der Waals surface area contributed by atoms with E-state index in [0.29, 0.717) is 11.4 Å². The zero-order valence-electron chi connectivity index (χ0n) is 14.0. The molecule has 1 saturated carbocycles. The maximum absolute atomic E-state index is 13.0. The first-order valence-corrected chi connectivity index (χ1v) is 9.73. The highest BCUT2D eigenvalue weighted by atomic mass is 32.2. The molecule has 3 aromatic rings. The Morgan fingerprint density at radius 3 is 2.50 bits per heavy atom. The van der Waals surface area contributed by atoms with Crippen LogP contribution in [0.3, 0.4) is 0 Å². The third-order valence-corrected chi connectivity index (χ3v) is 6.20. The molecule has 0 saturated heterocycles. The molecule has 0 radical (unpaired) electrons. The fraction of sp³-hybridized carbons (Fsp3) is 0.278. The molecule has 1 aliphatic carbocycles. The third-order valence-electron chi connectivity index (χ3n) is 4.54. The van der Waals surface area contributed by atoms with E-state index < -0.39 is 10.0 Å². The monoisotopic (exact) mass is 373 g/mol. The van der Waals surface area contributed by atoms with E-state index in [1.54, 1.807) is 36.8 Å². The van der Waals surface area contributed by atoms with Gasteiger partial charge in [-0.15, -0.1) is 0 Å². The second-order valence-electron chi connectivity index (χ2n) is 6.03. The quantitative estimate of drug-likeness (QED) is 0.708. The van der Waals surface area contributed by atoms with Gasteiger partial charge in [-0.05, 0) is 43.0 Å². The van der Waals surface area contributed by atoms with Gasteiger partial charge in [-0.25, -0.2) is 12.4 Å². The maximum Gasteiger partial charge on any atom is 0.290 e. The topological polar surface area (TPSA) is 102 Å². The summed E-state index contributed by atoms with van der Waals surface area (Å²) in [5.41, 5.74) is 2.48. The number of carbonyl (C=O) groups is 1. The van der Waals surface area contributed by atoms with Crippen LogP contribution < -0.4 is 0 Å². The van der Waals surface area contributed by atoms with E-state index in [0.717, 1.165) is 23.9 Å². The molecule has 7 nitrogen and oxygen atoms in total. The van der Waals surface area contributed by atoms with E-state index in [2.05, 4.69) is 9.97 Å². The van der Waals surface area contributed by atoms with Crippen LogP contribution in [0.4, 0.5) is 0 Å². The summed E-state index contributed by atoms with van der Waals surface area (Å²) in [5, 5.41) is 6.89. The van der Waals surface area contributed by atoms with Crippen LogP contribution in [0, 0.1) is 0 Å². The van der Waals surface area contributed by atoms with Crippen molar-refractivity contribution in [2.75, 3.05) is 0 Å². The number of pyridine rings is 2. The highest BCUT2D eigenvalue weighted by Crippen LogP contribution is 2.38. The molecule has 0 aromatic carbocycles. The predicted octanol–water partition coefficient (Wildman–Crippen LogP) is 3.03. The molecule has 4 rings (SSSR count). The first kappa shape index (κ1) is 18.1. The van der Waals surface area contributed by atoms with Gasteiger partial charge in [-0.2, -0.15) is 0 Å². The van der Waals surface area contributed by atoms with Crippen LogP contribution in [0.1, 0.15) is 37.2 Å². The Hall–Kier alpha value is -2.74. The molecule has 3 heterocycles. The largest absolute Gasteiger partial charge is 0.483 e. The van der Waals surface area contributed by atoms with Crippen molar-refractivity contribution < 1.29 is 18.3 Å². The lowest BCUT2D eigenvalue weighted by Crippen LogP contribution is -2.12. The van der Waals surface area contributed by atoms with Crippen LogP contribution in [-0.2, 0) is 14.8 Å². The fourth-order valence-electron chi connectivity index (χ4n) is 3.40. The molecule has 3 aromatic heterocycles. The van der Waals surface area contributed by atoms with Crippen LogP contribution in [0.25, 0.3) is 11.0 Å². The minimum absolute atomic E-state index is 0.193. The van der Waals surface area contributed by atoms with Crippen LogP contribution in [-0.4, -0.2) is 33.9 Å². The molecule has 0 atom stereocenters. The number of carboxylic acid groups (broad SMARTS) is 1. The maximum atomic E-state index is 13.0. The average Bonchev–Trinajstić information content (AvgIpc) is 3.31. The van der Waals surface area contributed by atoms with Crippen LogP contribution in [0.15, 0.2) is 53.9 Å². The molecular formula is C18H19N3O4S. The summed E-state index contributed by atoms with van der Waals surface area (Å²) in [6.45, 7) is -0.250. The van der Waals surface area contributed by atoms with Gasteiger partial charge in [0.15, 0.2) is 0 Å². The average molecular weight is 373 g/mol. The summed E-state index contributed by atoms with van der Waals surface area (Å²) in [4.78, 5) is 16.9. The minimum atomic E-state index is -3.66. The predicted molar refractivity (Wildman–Crippen MR) is 96.5 cm³/mol. The Labute approximate surface area is 151 Å². The molecule has 1 N–H and O–H groups in total. The van der Waals surface area contributed by atoms with Gasteiger partial charge in [-0.3, -0.25) is 14.8 Å². The number of fused-ring (bicyclic) bond motifs is 1. The molecular weight excluding hydrogens is 354 g/mol. The van der Waals surface area contributed by atoms with Crippen LogP contribution in [0.5, 0.6) is 0 Å². The summed E-state index contributed by atoms with van der Waals surface area (Å²) < 4.78 is 27.3. The van der Waals surface area contributed by atoms with Crippen molar-refractivity contribution in [1.82, 2.24) is 13.9 Å². The number of aromatic nitrogens is 3. The van der Waals surface area contributed by atoms with Gasteiger partial charge in [0.25, 0.3) is 16.5 Å². The zero-order chi connectivity index (χ0) is 18.6. The van der Waals surface area contributed by atoms with Crippen molar-refractivity contribution in [2.24, 2.45) is 0 Å². The van der Waals surface area contributed by atoms with Crippen LogP contribution in [0.2, 0.25) is 0 Å². The number of nitrogens with zero attached hydrogens (tertiary/aromatic N) is 3. The van der Waals surface area contributed by atoms with E-state index in [1.165, 1.54) is 23.0 Å². The molecule has 1 fully saturated rings. The zero-order valence-corrected chi connectivity index (χ0v) is 14.8. The third kappa shape index (κ3) is 3.32. The standard InChI is InChI=1S/C17H17N3O2S.CH2O2/c21-23(22,14-7-3-9-18-11-14)20-12-15(13-5-1-2-6-13)17-16(20)8-4-10-19-17;2-1-3/h3-4,7-13H,1-2,5-6H2;1H,(H,2,3). The Kier molecular flexibility index (Phi) is 5.32. The van der Waals surface area contributed by atoms with Crippen molar-refractivity contribution in [1.29, 1.82) is 0 Å². The smallest absolute Gasteiger partial charge is 0.290 e. The molecule has 0 amide bonds. The lowest BCUT2D eigenvalue weighted by molar-refractivity contribution is -0.122. The van der Waals surface area contributed by atoms with Crippen molar-refractivity contribution in [3.8, 4) is 0 Å². The molecule has 136 valence electrons. The normalized spacial score (nSPS) is 14.8. The summed E-state index contributed by atoms with van der Waals surface area (Å²) >= 11 is 0. The van der Waals surface area contributed by atoms with Gasteiger partial charge in [0.05, 0.1) is 11.0 Å².